The predicted molar refractivity (Wildman–Crippen MR) is 176 cm³/mol. The minimum atomic E-state index is -4.65. The molecule has 252 valence electrons. The van der Waals surface area contributed by atoms with Crippen molar-refractivity contribution in [3.63, 3.8) is 0 Å². The van der Waals surface area contributed by atoms with E-state index in [-0.39, 0.29) is 64.6 Å². The molecule has 3 aliphatic rings. The van der Waals surface area contributed by atoms with Crippen molar-refractivity contribution < 1.29 is 32.6 Å². The molecule has 1 aromatic heterocycles. The van der Waals surface area contributed by atoms with Gasteiger partial charge in [-0.25, -0.2) is 22.5 Å². The van der Waals surface area contributed by atoms with Gasteiger partial charge in [-0.3, -0.25) is 9.69 Å². The van der Waals surface area contributed by atoms with Gasteiger partial charge < -0.3 is 24.4 Å². The van der Waals surface area contributed by atoms with Crippen LogP contribution in [-0.2, 0) is 20.2 Å². The fourth-order valence-corrected chi connectivity index (χ4v) is 9.09. The highest BCUT2D eigenvalue weighted by Gasteiger charge is 2.64. The van der Waals surface area contributed by atoms with Crippen molar-refractivity contribution in [3.05, 3.63) is 77.5 Å². The van der Waals surface area contributed by atoms with Gasteiger partial charge in [-0.15, -0.1) is 0 Å². The third kappa shape index (κ3) is 5.32. The highest BCUT2D eigenvalue weighted by Crippen LogP contribution is 2.54. The number of piperidine rings is 1. The number of hydrogen-bond acceptors (Lipinski definition) is 10. The van der Waals surface area contributed by atoms with Crippen LogP contribution in [0.1, 0.15) is 36.5 Å². The number of nitriles is 1. The van der Waals surface area contributed by atoms with Gasteiger partial charge in [0.05, 0.1) is 37.1 Å². The minimum absolute atomic E-state index is 0.0120. The molecule has 2 aromatic carbocycles. The quantitative estimate of drug-likeness (QED) is 0.375. The first-order chi connectivity index (χ1) is 23.1. The average Bonchev–Trinajstić information content (AvgIpc) is 3.36. The Morgan fingerprint density at radius 2 is 1.83 bits per heavy atom. The van der Waals surface area contributed by atoms with E-state index in [1.165, 1.54) is 54.6 Å². The number of nitrogens with zero attached hydrogens (tertiary/aromatic N) is 6. The van der Waals surface area contributed by atoms with Crippen LogP contribution in [0.2, 0.25) is 0 Å². The molecule has 6 rings (SSSR count). The summed E-state index contributed by atoms with van der Waals surface area (Å²) >= 11 is 0. The number of para-hydroxylation sites is 1. The molecular formula is C34H38N6O7S. The van der Waals surface area contributed by atoms with Gasteiger partial charge in [0, 0.05) is 43.0 Å². The van der Waals surface area contributed by atoms with Crippen LogP contribution in [0.4, 0.5) is 10.5 Å². The van der Waals surface area contributed by atoms with E-state index in [0.29, 0.717) is 6.54 Å². The SMILES string of the molecule is CCOc1ncccc1C1(C2CN(C3CCN(C)CC3)CCN2C(=O)O)C(=O)N(S(=O)(=O)c2ccccc2OC)c2ccc(C#N)cc21. The summed E-state index contributed by atoms with van der Waals surface area (Å²) in [5, 5.41) is 20.7. The maximum absolute atomic E-state index is 15.5. The van der Waals surface area contributed by atoms with Crippen LogP contribution in [-0.4, -0.2) is 111 Å². The molecule has 2 unspecified atom stereocenters. The predicted octanol–water partition coefficient (Wildman–Crippen LogP) is 3.14. The molecule has 0 saturated carbocycles. The van der Waals surface area contributed by atoms with Crippen molar-refractivity contribution in [2.24, 2.45) is 0 Å². The van der Waals surface area contributed by atoms with Gasteiger partial charge in [0.25, 0.3) is 15.9 Å². The first kappa shape index (κ1) is 33.2. The van der Waals surface area contributed by atoms with Crippen LogP contribution >= 0.6 is 0 Å². The molecular weight excluding hydrogens is 636 g/mol. The zero-order valence-electron chi connectivity index (χ0n) is 27.1. The van der Waals surface area contributed by atoms with Gasteiger partial charge in [-0.2, -0.15) is 5.26 Å². The number of rotatable bonds is 8. The molecule has 2 fully saturated rings. The lowest BCUT2D eigenvalue weighted by Crippen LogP contribution is -2.67. The topological polar surface area (TPSA) is 157 Å². The highest BCUT2D eigenvalue weighted by atomic mass is 32.2. The number of carbonyl (C=O) groups excluding carboxylic acids is 1. The standard InChI is InChI=1S/C34H38N6O7S/c1-4-47-31-25(8-7-15-36-31)34(30-22-38(18-19-39(30)33(42)43)24-13-16-37(2)17-14-24)26-20-23(21-35)11-12-27(26)40(32(34)41)48(44,45)29-10-6-5-9-28(29)46-3/h5-12,15,20,24,30H,4,13-14,16-19,22H2,1-3H3,(H,42,43). The van der Waals surface area contributed by atoms with Crippen molar-refractivity contribution in [1.82, 2.24) is 19.7 Å². The number of hydrogen-bond donors (Lipinski definition) is 1. The van der Waals surface area contributed by atoms with Crippen LogP contribution in [0.15, 0.2) is 65.7 Å². The Kier molecular flexibility index (Phi) is 9.04. The van der Waals surface area contributed by atoms with Crippen LogP contribution in [0.25, 0.3) is 0 Å². The number of sulfonamides is 1. The minimum Gasteiger partial charge on any atom is -0.495 e. The summed E-state index contributed by atoms with van der Waals surface area (Å²) in [6.45, 7) is 4.33. The van der Waals surface area contributed by atoms with Gasteiger partial charge in [0.15, 0.2) is 0 Å². The van der Waals surface area contributed by atoms with Crippen LogP contribution in [0, 0.1) is 11.3 Å². The lowest BCUT2D eigenvalue weighted by atomic mass is 9.68. The Labute approximate surface area is 279 Å². The van der Waals surface area contributed by atoms with E-state index < -0.39 is 33.5 Å². The molecule has 2 saturated heterocycles. The zero-order valence-corrected chi connectivity index (χ0v) is 27.9. The largest absolute Gasteiger partial charge is 0.495 e. The third-order valence-electron chi connectivity index (χ3n) is 9.72. The van der Waals surface area contributed by atoms with Crippen LogP contribution in [0.5, 0.6) is 11.6 Å². The second kappa shape index (κ2) is 13.1. The molecule has 0 spiro atoms. The van der Waals surface area contributed by atoms with Crippen molar-refractivity contribution in [1.29, 1.82) is 5.26 Å². The number of piperazine rings is 1. The summed E-state index contributed by atoms with van der Waals surface area (Å²) in [6.07, 6.45) is 1.97. The van der Waals surface area contributed by atoms with Crippen molar-refractivity contribution in [3.8, 4) is 17.7 Å². The number of likely N-dealkylation sites (tertiary alicyclic amines) is 1. The molecule has 1 N–H and O–H groups in total. The number of aromatic nitrogens is 1. The Bertz CT molecular complexity index is 1870. The number of pyridine rings is 1. The van der Waals surface area contributed by atoms with Crippen LogP contribution in [0.3, 0.4) is 0 Å². The van der Waals surface area contributed by atoms with Crippen molar-refractivity contribution in [2.45, 2.75) is 42.2 Å². The summed E-state index contributed by atoms with van der Waals surface area (Å²) < 4.78 is 41.5. The maximum atomic E-state index is 15.5. The second-order valence-electron chi connectivity index (χ2n) is 12.2. The lowest BCUT2D eigenvalue weighted by molar-refractivity contribution is -0.124. The summed E-state index contributed by atoms with van der Waals surface area (Å²) in [6, 6.07) is 14.7. The lowest BCUT2D eigenvalue weighted by Gasteiger charge is -2.50. The van der Waals surface area contributed by atoms with Crippen molar-refractivity contribution in [2.75, 3.05) is 57.8 Å². The number of fused-ring (bicyclic) bond motifs is 1. The van der Waals surface area contributed by atoms with E-state index in [1.807, 2.05) is 0 Å². The maximum Gasteiger partial charge on any atom is 0.407 e. The summed E-state index contributed by atoms with van der Waals surface area (Å²) in [4.78, 5) is 38.5. The molecule has 13 nitrogen and oxygen atoms in total. The number of amides is 2. The third-order valence-corrected chi connectivity index (χ3v) is 11.5. The monoisotopic (exact) mass is 674 g/mol. The summed E-state index contributed by atoms with van der Waals surface area (Å²) in [5.41, 5.74) is -1.39. The first-order valence-corrected chi connectivity index (χ1v) is 17.3. The molecule has 3 aliphatic heterocycles. The van der Waals surface area contributed by atoms with E-state index in [1.54, 1.807) is 25.1 Å². The zero-order chi connectivity index (χ0) is 34.2. The van der Waals surface area contributed by atoms with E-state index in [4.69, 9.17) is 9.47 Å². The van der Waals surface area contributed by atoms with E-state index >= 15 is 4.79 Å². The summed E-state index contributed by atoms with van der Waals surface area (Å²) in [7, 11) is -1.25. The Morgan fingerprint density at radius 3 is 2.52 bits per heavy atom. The molecule has 0 aliphatic carbocycles. The van der Waals surface area contributed by atoms with Gasteiger partial charge in [0.2, 0.25) is 5.88 Å². The summed E-state index contributed by atoms with van der Waals surface area (Å²) in [5.74, 6) is -0.790. The number of carbonyl (C=O) groups is 2. The number of carboxylic acid groups (broad SMARTS) is 1. The number of methoxy groups -OCH3 is 1. The number of anilines is 1. The smallest absolute Gasteiger partial charge is 0.407 e. The molecule has 2 amide bonds. The fourth-order valence-electron chi connectivity index (χ4n) is 7.45. The number of benzene rings is 2. The van der Waals surface area contributed by atoms with Crippen molar-refractivity contribution >= 4 is 27.7 Å². The molecule has 0 radical (unpaired) electrons. The normalized spacial score (nSPS) is 22.3. The molecule has 2 atom stereocenters. The van der Waals surface area contributed by atoms with E-state index in [9.17, 15) is 23.6 Å². The Morgan fingerprint density at radius 1 is 1.08 bits per heavy atom. The van der Waals surface area contributed by atoms with E-state index in [0.717, 1.165) is 30.2 Å². The Hall–Kier alpha value is -4.71. The molecule has 48 heavy (non-hydrogen) atoms. The highest BCUT2D eigenvalue weighted by molar-refractivity contribution is 7.93. The average molecular weight is 675 g/mol. The molecule has 0 bridgehead atoms. The van der Waals surface area contributed by atoms with E-state index in [2.05, 4.69) is 27.9 Å². The van der Waals surface area contributed by atoms with Gasteiger partial charge in [-0.1, -0.05) is 18.2 Å². The van der Waals surface area contributed by atoms with Crippen LogP contribution < -0.4 is 13.8 Å². The Balaban J connectivity index is 1.65. The first-order valence-electron chi connectivity index (χ1n) is 15.9. The van der Waals surface area contributed by atoms with Gasteiger partial charge in [-0.05, 0) is 76.3 Å². The molecule has 14 heteroatoms. The number of ether oxygens (including phenoxy) is 2. The fraction of sp³-hybridized carbons (Fsp3) is 0.412. The van der Waals surface area contributed by atoms with Gasteiger partial charge >= 0.3 is 6.09 Å². The van der Waals surface area contributed by atoms with Gasteiger partial charge in [0.1, 0.15) is 16.1 Å². The molecule has 4 heterocycles. The molecule has 3 aromatic rings. The second-order valence-corrected chi connectivity index (χ2v) is 13.9.